The van der Waals surface area contributed by atoms with Crippen LogP contribution >= 0.6 is 11.5 Å². The average molecular weight is 271 g/mol. The van der Waals surface area contributed by atoms with Crippen LogP contribution in [0.3, 0.4) is 0 Å². The molecular weight excluding hydrogens is 246 g/mol. The Morgan fingerprint density at radius 3 is 2.61 bits per heavy atom. The van der Waals surface area contributed by atoms with Gasteiger partial charge in [-0.25, -0.2) is 0 Å². The van der Waals surface area contributed by atoms with E-state index in [-0.39, 0.29) is 0 Å². The SMILES string of the molecule is CCNC(c1snnc1C(C)C)C(C)CCOC. The van der Waals surface area contributed by atoms with Crippen molar-refractivity contribution in [1.29, 1.82) is 0 Å². The van der Waals surface area contributed by atoms with E-state index in [1.165, 1.54) is 16.4 Å². The minimum atomic E-state index is 0.336. The molecule has 0 saturated heterocycles. The van der Waals surface area contributed by atoms with E-state index in [0.717, 1.165) is 25.3 Å². The smallest absolute Gasteiger partial charge is 0.0829 e. The quantitative estimate of drug-likeness (QED) is 0.789. The third-order valence-corrected chi connectivity index (χ3v) is 3.96. The summed E-state index contributed by atoms with van der Waals surface area (Å²) in [5, 5.41) is 7.84. The molecule has 0 aliphatic rings. The van der Waals surface area contributed by atoms with Crippen molar-refractivity contribution in [2.24, 2.45) is 5.92 Å². The highest BCUT2D eigenvalue weighted by molar-refractivity contribution is 7.05. The average Bonchev–Trinajstić information content (AvgIpc) is 2.81. The van der Waals surface area contributed by atoms with Crippen LogP contribution < -0.4 is 5.32 Å². The van der Waals surface area contributed by atoms with Gasteiger partial charge in [0.15, 0.2) is 0 Å². The second kappa shape index (κ2) is 7.81. The summed E-state index contributed by atoms with van der Waals surface area (Å²) in [5.74, 6) is 0.944. The van der Waals surface area contributed by atoms with Gasteiger partial charge in [-0.3, -0.25) is 0 Å². The molecular formula is C13H25N3OS. The molecule has 0 fully saturated rings. The summed E-state index contributed by atoms with van der Waals surface area (Å²) in [4.78, 5) is 1.29. The van der Waals surface area contributed by atoms with Gasteiger partial charge in [-0.05, 0) is 36.3 Å². The maximum absolute atomic E-state index is 5.18. The summed E-state index contributed by atoms with van der Waals surface area (Å²) in [5.41, 5.74) is 1.13. The summed E-state index contributed by atoms with van der Waals surface area (Å²) < 4.78 is 9.31. The highest BCUT2D eigenvalue weighted by Crippen LogP contribution is 2.32. The number of rotatable bonds is 8. The van der Waals surface area contributed by atoms with Crippen molar-refractivity contribution < 1.29 is 4.74 Å². The summed E-state index contributed by atoms with van der Waals surface area (Å²) in [7, 11) is 1.75. The van der Waals surface area contributed by atoms with Crippen molar-refractivity contribution >= 4 is 11.5 Å². The first-order valence-corrected chi connectivity index (χ1v) is 7.43. The second-order valence-electron chi connectivity index (χ2n) is 4.97. The van der Waals surface area contributed by atoms with Gasteiger partial charge >= 0.3 is 0 Å². The predicted molar refractivity (Wildman–Crippen MR) is 76.1 cm³/mol. The lowest BCUT2D eigenvalue weighted by atomic mass is 9.94. The maximum atomic E-state index is 5.18. The second-order valence-corrected chi connectivity index (χ2v) is 5.76. The third kappa shape index (κ3) is 4.00. The van der Waals surface area contributed by atoms with Crippen molar-refractivity contribution in [2.75, 3.05) is 20.3 Å². The van der Waals surface area contributed by atoms with Gasteiger partial charge in [0.25, 0.3) is 0 Å². The molecule has 18 heavy (non-hydrogen) atoms. The molecule has 0 bridgehead atoms. The fourth-order valence-corrected chi connectivity index (χ4v) is 3.08. The molecule has 5 heteroatoms. The van der Waals surface area contributed by atoms with Crippen LogP contribution in [0.1, 0.15) is 56.6 Å². The van der Waals surface area contributed by atoms with E-state index in [4.69, 9.17) is 4.74 Å². The first-order valence-electron chi connectivity index (χ1n) is 6.66. The number of nitrogens with one attached hydrogen (secondary N) is 1. The number of hydrogen-bond acceptors (Lipinski definition) is 5. The van der Waals surface area contributed by atoms with Crippen LogP contribution in [0.15, 0.2) is 0 Å². The van der Waals surface area contributed by atoms with Gasteiger partial charge in [0, 0.05) is 19.8 Å². The molecule has 0 aromatic carbocycles. The van der Waals surface area contributed by atoms with Crippen LogP contribution in [-0.2, 0) is 4.74 Å². The lowest BCUT2D eigenvalue weighted by Crippen LogP contribution is -2.27. The molecule has 1 heterocycles. The van der Waals surface area contributed by atoms with Gasteiger partial charge in [-0.15, -0.1) is 5.10 Å². The molecule has 104 valence electrons. The number of hydrogen-bond donors (Lipinski definition) is 1. The Kier molecular flexibility index (Phi) is 6.75. The van der Waals surface area contributed by atoms with Gasteiger partial charge in [0.05, 0.1) is 10.6 Å². The van der Waals surface area contributed by atoms with E-state index in [9.17, 15) is 0 Å². The van der Waals surface area contributed by atoms with Crippen LogP contribution in [-0.4, -0.2) is 29.8 Å². The van der Waals surface area contributed by atoms with Gasteiger partial charge in [0.2, 0.25) is 0 Å². The molecule has 1 aromatic heterocycles. The third-order valence-electron chi connectivity index (χ3n) is 3.14. The van der Waals surface area contributed by atoms with E-state index >= 15 is 0 Å². The van der Waals surface area contributed by atoms with E-state index in [0.29, 0.717) is 17.9 Å². The lowest BCUT2D eigenvalue weighted by molar-refractivity contribution is 0.170. The van der Waals surface area contributed by atoms with Crippen LogP contribution in [0.5, 0.6) is 0 Å². The zero-order valence-corrected chi connectivity index (χ0v) is 12.9. The Hall–Kier alpha value is -0.520. The van der Waals surface area contributed by atoms with Crippen LogP contribution in [0.2, 0.25) is 0 Å². The molecule has 0 aliphatic carbocycles. The van der Waals surface area contributed by atoms with Gasteiger partial charge < -0.3 is 10.1 Å². The van der Waals surface area contributed by atoms with Crippen molar-refractivity contribution in [3.05, 3.63) is 10.6 Å². The summed E-state index contributed by atoms with van der Waals surface area (Å²) in [6, 6.07) is 0.336. The van der Waals surface area contributed by atoms with Crippen molar-refractivity contribution in [3.8, 4) is 0 Å². The summed E-state index contributed by atoms with van der Waals surface area (Å²) >= 11 is 1.52. The Balaban J connectivity index is 2.85. The van der Waals surface area contributed by atoms with E-state index < -0.39 is 0 Å². The molecule has 2 atom stereocenters. The summed E-state index contributed by atoms with van der Waals surface area (Å²) in [6.07, 6.45) is 1.05. The summed E-state index contributed by atoms with van der Waals surface area (Å²) in [6.45, 7) is 10.5. The molecule has 0 radical (unpaired) electrons. The molecule has 2 unspecified atom stereocenters. The Morgan fingerprint density at radius 2 is 2.06 bits per heavy atom. The molecule has 0 amide bonds. The van der Waals surface area contributed by atoms with Gasteiger partial charge in [0.1, 0.15) is 0 Å². The molecule has 4 nitrogen and oxygen atoms in total. The fourth-order valence-electron chi connectivity index (χ4n) is 2.06. The predicted octanol–water partition coefficient (Wildman–Crippen LogP) is 2.98. The fraction of sp³-hybridized carbons (Fsp3) is 0.846. The van der Waals surface area contributed by atoms with E-state index in [1.807, 2.05) is 0 Å². The zero-order chi connectivity index (χ0) is 13.5. The highest BCUT2D eigenvalue weighted by atomic mass is 32.1. The normalized spacial score (nSPS) is 15.0. The van der Waals surface area contributed by atoms with Crippen molar-refractivity contribution in [3.63, 3.8) is 0 Å². The number of methoxy groups -OCH3 is 1. The first kappa shape index (κ1) is 15.5. The molecule has 0 spiro atoms. The number of ether oxygens (including phenoxy) is 1. The molecule has 1 rings (SSSR count). The molecule has 0 saturated carbocycles. The monoisotopic (exact) mass is 271 g/mol. The van der Waals surface area contributed by atoms with Crippen LogP contribution in [0, 0.1) is 5.92 Å². The topological polar surface area (TPSA) is 47.0 Å². The van der Waals surface area contributed by atoms with Crippen LogP contribution in [0.25, 0.3) is 0 Å². The van der Waals surface area contributed by atoms with E-state index in [1.54, 1.807) is 7.11 Å². The van der Waals surface area contributed by atoms with Crippen LogP contribution in [0.4, 0.5) is 0 Å². The lowest BCUT2D eigenvalue weighted by Gasteiger charge is -2.24. The van der Waals surface area contributed by atoms with Crippen molar-refractivity contribution in [2.45, 2.75) is 46.1 Å². The molecule has 1 N–H and O–H groups in total. The molecule has 0 aliphatic heterocycles. The minimum Gasteiger partial charge on any atom is -0.385 e. The Morgan fingerprint density at radius 1 is 1.33 bits per heavy atom. The zero-order valence-electron chi connectivity index (χ0n) is 12.1. The highest BCUT2D eigenvalue weighted by Gasteiger charge is 2.25. The Bertz CT molecular complexity index is 341. The van der Waals surface area contributed by atoms with E-state index in [2.05, 4.69) is 42.6 Å². The standard InChI is InChI=1S/C13H25N3OS/c1-6-14-12(10(4)7-8-17-5)13-11(9(2)3)15-16-18-13/h9-10,12,14H,6-8H2,1-5H3. The first-order chi connectivity index (χ1) is 8.61. The molecule has 1 aromatic rings. The number of aromatic nitrogens is 2. The maximum Gasteiger partial charge on any atom is 0.0829 e. The Labute approximate surface area is 114 Å². The van der Waals surface area contributed by atoms with Gasteiger partial charge in [-0.2, -0.15) is 0 Å². The minimum absolute atomic E-state index is 0.336. The van der Waals surface area contributed by atoms with Crippen molar-refractivity contribution in [1.82, 2.24) is 14.9 Å². The largest absolute Gasteiger partial charge is 0.385 e. The van der Waals surface area contributed by atoms with Gasteiger partial charge in [-0.1, -0.05) is 32.2 Å². The number of nitrogens with zero attached hydrogens (tertiary/aromatic N) is 2.